The molecule has 1 aliphatic carbocycles. The number of ether oxygens (including phenoxy) is 1. The van der Waals surface area contributed by atoms with E-state index in [9.17, 15) is 4.79 Å². The summed E-state index contributed by atoms with van der Waals surface area (Å²) in [7, 11) is 0. The molecule has 1 aliphatic rings. The van der Waals surface area contributed by atoms with E-state index in [2.05, 4.69) is 19.2 Å². The van der Waals surface area contributed by atoms with E-state index in [1.54, 1.807) is 0 Å². The van der Waals surface area contributed by atoms with Gasteiger partial charge in [0.25, 0.3) is 0 Å². The molecule has 0 aromatic heterocycles. The number of nitrogens with two attached hydrogens (primary N) is 1. The second-order valence-corrected chi connectivity index (χ2v) is 6.02. The summed E-state index contributed by atoms with van der Waals surface area (Å²) in [4.78, 5) is 11.9. The normalized spacial score (nSPS) is 21.9. The van der Waals surface area contributed by atoms with Crippen LogP contribution in [0.15, 0.2) is 18.2 Å². The standard InChI is InChI=1S/C17H26N2O2/c1-12-3-8-16(11-13(12)2)21-10-9-17(20)19-15-6-4-14(18)5-7-15/h3,8,11,14-15H,4-7,9-10,18H2,1-2H3,(H,19,20). The number of carbonyl (C=O) groups excluding carboxylic acids is 1. The van der Waals surface area contributed by atoms with E-state index in [0.29, 0.717) is 25.1 Å². The number of nitrogens with one attached hydrogen (secondary N) is 1. The van der Waals surface area contributed by atoms with Crippen LogP contribution in [0, 0.1) is 13.8 Å². The van der Waals surface area contributed by atoms with Crippen molar-refractivity contribution in [3.63, 3.8) is 0 Å². The first kappa shape index (κ1) is 15.8. The molecule has 4 heteroatoms. The van der Waals surface area contributed by atoms with Gasteiger partial charge < -0.3 is 15.8 Å². The van der Waals surface area contributed by atoms with Crippen molar-refractivity contribution in [3.8, 4) is 5.75 Å². The van der Waals surface area contributed by atoms with Crippen LogP contribution in [-0.4, -0.2) is 24.6 Å². The van der Waals surface area contributed by atoms with Gasteiger partial charge in [-0.3, -0.25) is 4.79 Å². The quantitative estimate of drug-likeness (QED) is 0.875. The summed E-state index contributed by atoms with van der Waals surface area (Å²) in [6.07, 6.45) is 4.39. The Hall–Kier alpha value is -1.55. The van der Waals surface area contributed by atoms with Gasteiger partial charge in [-0.05, 0) is 62.8 Å². The molecular weight excluding hydrogens is 264 g/mol. The van der Waals surface area contributed by atoms with Gasteiger partial charge in [0.1, 0.15) is 5.75 Å². The molecule has 0 aliphatic heterocycles. The molecule has 1 amide bonds. The number of rotatable bonds is 5. The third-order valence-corrected chi connectivity index (χ3v) is 4.21. The second-order valence-electron chi connectivity index (χ2n) is 6.02. The molecule has 0 saturated heterocycles. The lowest BCUT2D eigenvalue weighted by molar-refractivity contribution is -0.122. The Balaban J connectivity index is 1.68. The molecule has 0 heterocycles. The van der Waals surface area contributed by atoms with Gasteiger partial charge >= 0.3 is 0 Å². The minimum Gasteiger partial charge on any atom is -0.493 e. The SMILES string of the molecule is Cc1ccc(OCCC(=O)NC2CCC(N)CC2)cc1C. The maximum atomic E-state index is 11.9. The Labute approximate surface area is 127 Å². The van der Waals surface area contributed by atoms with E-state index >= 15 is 0 Å². The third kappa shape index (κ3) is 5.05. The highest BCUT2D eigenvalue weighted by molar-refractivity contribution is 5.76. The zero-order valence-corrected chi connectivity index (χ0v) is 13.0. The first-order valence-corrected chi connectivity index (χ1v) is 7.79. The number of hydrogen-bond acceptors (Lipinski definition) is 3. The van der Waals surface area contributed by atoms with Crippen LogP contribution in [0.3, 0.4) is 0 Å². The number of hydrogen-bond donors (Lipinski definition) is 2. The summed E-state index contributed by atoms with van der Waals surface area (Å²) in [5.41, 5.74) is 8.31. The summed E-state index contributed by atoms with van der Waals surface area (Å²) in [6, 6.07) is 6.60. The molecule has 0 bridgehead atoms. The highest BCUT2D eigenvalue weighted by Crippen LogP contribution is 2.18. The second kappa shape index (κ2) is 7.46. The van der Waals surface area contributed by atoms with Crippen LogP contribution in [0.4, 0.5) is 0 Å². The largest absolute Gasteiger partial charge is 0.493 e. The van der Waals surface area contributed by atoms with Crippen molar-refractivity contribution in [2.75, 3.05) is 6.61 Å². The van der Waals surface area contributed by atoms with Crippen LogP contribution in [-0.2, 0) is 4.79 Å². The van der Waals surface area contributed by atoms with Crippen molar-refractivity contribution in [3.05, 3.63) is 29.3 Å². The molecule has 0 radical (unpaired) electrons. The summed E-state index contributed by atoms with van der Waals surface area (Å²) in [6.45, 7) is 4.55. The number of aryl methyl sites for hydroxylation is 2. The maximum absolute atomic E-state index is 11.9. The Kier molecular flexibility index (Phi) is 5.62. The van der Waals surface area contributed by atoms with Crippen molar-refractivity contribution >= 4 is 5.91 Å². The Morgan fingerprint density at radius 3 is 2.62 bits per heavy atom. The fraction of sp³-hybridized carbons (Fsp3) is 0.588. The highest BCUT2D eigenvalue weighted by atomic mass is 16.5. The van der Waals surface area contributed by atoms with E-state index in [-0.39, 0.29) is 5.91 Å². The van der Waals surface area contributed by atoms with Gasteiger partial charge in [-0.1, -0.05) is 6.07 Å². The van der Waals surface area contributed by atoms with E-state index in [0.717, 1.165) is 31.4 Å². The van der Waals surface area contributed by atoms with Crippen LogP contribution in [0.2, 0.25) is 0 Å². The molecule has 21 heavy (non-hydrogen) atoms. The van der Waals surface area contributed by atoms with Gasteiger partial charge in [0.15, 0.2) is 0 Å². The van der Waals surface area contributed by atoms with Crippen molar-refractivity contribution in [2.24, 2.45) is 5.73 Å². The summed E-state index contributed by atoms with van der Waals surface area (Å²) < 4.78 is 5.64. The topological polar surface area (TPSA) is 64.3 Å². The smallest absolute Gasteiger partial charge is 0.223 e. The first-order valence-electron chi connectivity index (χ1n) is 7.79. The third-order valence-electron chi connectivity index (χ3n) is 4.21. The lowest BCUT2D eigenvalue weighted by atomic mass is 9.92. The van der Waals surface area contributed by atoms with Crippen molar-refractivity contribution in [2.45, 2.75) is 58.0 Å². The molecule has 0 spiro atoms. The lowest BCUT2D eigenvalue weighted by Crippen LogP contribution is -2.40. The average Bonchev–Trinajstić information content (AvgIpc) is 2.45. The molecule has 3 N–H and O–H groups in total. The number of amides is 1. The highest BCUT2D eigenvalue weighted by Gasteiger charge is 2.19. The monoisotopic (exact) mass is 290 g/mol. The molecule has 1 aromatic rings. The molecule has 0 unspecified atom stereocenters. The van der Waals surface area contributed by atoms with Crippen molar-refractivity contribution < 1.29 is 9.53 Å². The van der Waals surface area contributed by atoms with Crippen molar-refractivity contribution in [1.29, 1.82) is 0 Å². The molecule has 116 valence electrons. The predicted octanol–water partition coefficient (Wildman–Crippen LogP) is 2.46. The minimum atomic E-state index is 0.0688. The van der Waals surface area contributed by atoms with Gasteiger partial charge in [0, 0.05) is 12.1 Å². The molecule has 1 aromatic carbocycles. The van der Waals surface area contributed by atoms with Crippen LogP contribution in [0.5, 0.6) is 5.75 Å². The van der Waals surface area contributed by atoms with Crippen LogP contribution in [0.1, 0.15) is 43.2 Å². The van der Waals surface area contributed by atoms with Gasteiger partial charge in [0.2, 0.25) is 5.91 Å². The van der Waals surface area contributed by atoms with Gasteiger partial charge in [-0.15, -0.1) is 0 Å². The molecular formula is C17H26N2O2. The Morgan fingerprint density at radius 2 is 1.95 bits per heavy atom. The van der Waals surface area contributed by atoms with Crippen LogP contribution >= 0.6 is 0 Å². The van der Waals surface area contributed by atoms with E-state index in [1.807, 2.05) is 18.2 Å². The Morgan fingerprint density at radius 1 is 1.24 bits per heavy atom. The predicted molar refractivity (Wildman–Crippen MR) is 84.4 cm³/mol. The van der Waals surface area contributed by atoms with Gasteiger partial charge in [-0.25, -0.2) is 0 Å². The maximum Gasteiger partial charge on any atom is 0.223 e. The minimum absolute atomic E-state index is 0.0688. The fourth-order valence-electron chi connectivity index (χ4n) is 2.63. The van der Waals surface area contributed by atoms with Crippen LogP contribution < -0.4 is 15.8 Å². The van der Waals surface area contributed by atoms with E-state index in [4.69, 9.17) is 10.5 Å². The lowest BCUT2D eigenvalue weighted by Gasteiger charge is -2.26. The van der Waals surface area contributed by atoms with Gasteiger partial charge in [0.05, 0.1) is 13.0 Å². The average molecular weight is 290 g/mol. The fourth-order valence-corrected chi connectivity index (χ4v) is 2.63. The molecule has 1 saturated carbocycles. The van der Waals surface area contributed by atoms with E-state index < -0.39 is 0 Å². The zero-order valence-electron chi connectivity index (χ0n) is 13.0. The van der Waals surface area contributed by atoms with Crippen molar-refractivity contribution in [1.82, 2.24) is 5.32 Å². The first-order chi connectivity index (χ1) is 10.0. The zero-order chi connectivity index (χ0) is 15.2. The number of benzene rings is 1. The van der Waals surface area contributed by atoms with Gasteiger partial charge in [-0.2, -0.15) is 0 Å². The van der Waals surface area contributed by atoms with Crippen LogP contribution in [0.25, 0.3) is 0 Å². The summed E-state index contributed by atoms with van der Waals surface area (Å²) >= 11 is 0. The number of carbonyl (C=O) groups is 1. The Bertz CT molecular complexity index is 480. The molecule has 1 fully saturated rings. The summed E-state index contributed by atoms with van der Waals surface area (Å²) in [5.74, 6) is 0.897. The molecule has 4 nitrogen and oxygen atoms in total. The summed E-state index contributed by atoms with van der Waals surface area (Å²) in [5, 5.41) is 3.07. The van der Waals surface area contributed by atoms with E-state index in [1.165, 1.54) is 11.1 Å². The molecule has 2 rings (SSSR count). The molecule has 0 atom stereocenters.